The summed E-state index contributed by atoms with van der Waals surface area (Å²) in [6.45, 7) is 2.74. The lowest BCUT2D eigenvalue weighted by Gasteiger charge is -2.02. The molecule has 2 aromatic heterocycles. The average molecular weight is 255 g/mol. The van der Waals surface area contributed by atoms with Gasteiger partial charge in [-0.25, -0.2) is 4.79 Å². The van der Waals surface area contributed by atoms with Crippen molar-refractivity contribution in [2.45, 2.75) is 19.9 Å². The van der Waals surface area contributed by atoms with Crippen molar-refractivity contribution in [1.29, 1.82) is 0 Å². The topological polar surface area (TPSA) is 68.3 Å². The van der Waals surface area contributed by atoms with Crippen molar-refractivity contribution in [2.24, 2.45) is 0 Å². The molecule has 2 heterocycles. The number of hydrogen-bond donors (Lipinski definition) is 1. The van der Waals surface area contributed by atoms with E-state index in [0.29, 0.717) is 12.0 Å². The molecule has 5 nitrogen and oxygen atoms in total. The molecular weight excluding hydrogens is 244 g/mol. The zero-order chi connectivity index (χ0) is 12.4. The number of aromatic carboxylic acids is 1. The van der Waals surface area contributed by atoms with Crippen LogP contribution in [0.2, 0.25) is 5.22 Å². The van der Waals surface area contributed by atoms with Gasteiger partial charge in [-0.2, -0.15) is 5.10 Å². The van der Waals surface area contributed by atoms with Crippen molar-refractivity contribution in [1.82, 2.24) is 9.78 Å². The second-order valence-corrected chi connectivity index (χ2v) is 3.87. The van der Waals surface area contributed by atoms with Crippen LogP contribution in [0.15, 0.2) is 22.7 Å². The molecule has 0 aliphatic rings. The van der Waals surface area contributed by atoms with Crippen molar-refractivity contribution < 1.29 is 14.3 Å². The Morgan fingerprint density at radius 2 is 2.41 bits per heavy atom. The van der Waals surface area contributed by atoms with Crippen molar-refractivity contribution >= 4 is 17.6 Å². The Morgan fingerprint density at radius 1 is 1.65 bits per heavy atom. The third-order valence-corrected chi connectivity index (χ3v) is 2.76. The molecule has 17 heavy (non-hydrogen) atoms. The van der Waals surface area contributed by atoms with Crippen molar-refractivity contribution in [2.75, 3.05) is 0 Å². The Hall–Kier alpha value is -1.75. The predicted molar refractivity (Wildman–Crippen MR) is 61.4 cm³/mol. The number of carboxylic acid groups (broad SMARTS) is 1. The van der Waals surface area contributed by atoms with Gasteiger partial charge in [0.1, 0.15) is 0 Å². The van der Waals surface area contributed by atoms with Gasteiger partial charge in [0.15, 0.2) is 5.22 Å². The lowest BCUT2D eigenvalue weighted by atomic mass is 10.2. The van der Waals surface area contributed by atoms with E-state index in [0.717, 1.165) is 12.2 Å². The van der Waals surface area contributed by atoms with E-state index in [1.165, 1.54) is 6.07 Å². The Labute approximate surface area is 103 Å². The van der Waals surface area contributed by atoms with Crippen LogP contribution in [0.3, 0.4) is 0 Å². The Bertz CT molecular complexity index is 545. The van der Waals surface area contributed by atoms with Crippen LogP contribution in [0.25, 0.3) is 0 Å². The molecule has 2 aromatic rings. The van der Waals surface area contributed by atoms with Crippen LogP contribution < -0.4 is 0 Å². The first-order valence-corrected chi connectivity index (χ1v) is 5.51. The molecule has 0 atom stereocenters. The van der Waals surface area contributed by atoms with Gasteiger partial charge in [-0.3, -0.25) is 4.68 Å². The third-order valence-electron chi connectivity index (χ3n) is 2.44. The van der Waals surface area contributed by atoms with Crippen molar-refractivity contribution in [3.63, 3.8) is 0 Å². The molecule has 0 unspecified atom stereocenters. The highest BCUT2D eigenvalue weighted by Crippen LogP contribution is 2.23. The first-order chi connectivity index (χ1) is 8.11. The summed E-state index contributed by atoms with van der Waals surface area (Å²) in [4.78, 5) is 10.7. The number of hydrogen-bond acceptors (Lipinski definition) is 3. The van der Waals surface area contributed by atoms with Crippen LogP contribution in [-0.2, 0) is 13.0 Å². The zero-order valence-electron chi connectivity index (χ0n) is 9.18. The quantitative estimate of drug-likeness (QED) is 0.910. The summed E-state index contributed by atoms with van der Waals surface area (Å²) in [7, 11) is 0. The largest absolute Gasteiger partial charge is 0.475 e. The lowest BCUT2D eigenvalue weighted by molar-refractivity contribution is 0.0662. The van der Waals surface area contributed by atoms with Crippen LogP contribution in [0.1, 0.15) is 28.7 Å². The summed E-state index contributed by atoms with van der Waals surface area (Å²) in [6.07, 6.45) is 2.20. The lowest BCUT2D eigenvalue weighted by Crippen LogP contribution is -2.02. The summed E-state index contributed by atoms with van der Waals surface area (Å²) < 4.78 is 6.76. The van der Waals surface area contributed by atoms with E-state index in [-0.39, 0.29) is 11.0 Å². The first-order valence-electron chi connectivity index (χ1n) is 5.14. The van der Waals surface area contributed by atoms with Gasteiger partial charge in [-0.1, -0.05) is 0 Å². The Balaban J connectivity index is 2.27. The van der Waals surface area contributed by atoms with Crippen LogP contribution in [0.4, 0.5) is 0 Å². The maximum absolute atomic E-state index is 10.7. The maximum atomic E-state index is 10.7. The van der Waals surface area contributed by atoms with Crippen molar-refractivity contribution in [3.8, 4) is 0 Å². The van der Waals surface area contributed by atoms with Gasteiger partial charge in [-0.05, 0) is 30.7 Å². The van der Waals surface area contributed by atoms with E-state index in [4.69, 9.17) is 21.1 Å². The molecule has 0 spiro atoms. The summed E-state index contributed by atoms with van der Waals surface area (Å²) >= 11 is 5.84. The van der Waals surface area contributed by atoms with E-state index in [1.807, 2.05) is 17.7 Å². The van der Waals surface area contributed by atoms with E-state index in [9.17, 15) is 4.79 Å². The van der Waals surface area contributed by atoms with Gasteiger partial charge in [0.2, 0.25) is 5.76 Å². The minimum Gasteiger partial charge on any atom is -0.475 e. The maximum Gasteiger partial charge on any atom is 0.371 e. The second kappa shape index (κ2) is 4.63. The molecule has 1 N–H and O–H groups in total. The highest BCUT2D eigenvalue weighted by atomic mass is 35.5. The number of halogens is 1. The van der Waals surface area contributed by atoms with E-state index in [1.54, 1.807) is 6.20 Å². The number of rotatable bonds is 4. The normalized spacial score (nSPS) is 10.7. The molecule has 0 fully saturated rings. The number of carbonyl (C=O) groups is 1. The highest BCUT2D eigenvalue weighted by molar-refractivity contribution is 6.29. The Kier molecular flexibility index (Phi) is 3.19. The summed E-state index contributed by atoms with van der Waals surface area (Å²) in [6, 6.07) is 3.31. The van der Waals surface area contributed by atoms with Crippen LogP contribution in [0, 0.1) is 0 Å². The molecule has 2 rings (SSSR count). The molecule has 0 amide bonds. The number of aryl methyl sites for hydroxylation is 1. The molecular formula is C11H11ClN2O3. The minimum atomic E-state index is -1.12. The zero-order valence-corrected chi connectivity index (χ0v) is 9.94. The fraction of sp³-hybridized carbons (Fsp3) is 0.273. The van der Waals surface area contributed by atoms with Crippen LogP contribution >= 0.6 is 11.6 Å². The SMILES string of the molecule is CCn1nccc1Cc1cc(C(=O)O)oc1Cl. The van der Waals surface area contributed by atoms with Gasteiger partial charge in [0.05, 0.1) is 0 Å². The Morgan fingerprint density at radius 3 is 3.00 bits per heavy atom. The summed E-state index contributed by atoms with van der Waals surface area (Å²) in [5.41, 5.74) is 1.62. The monoisotopic (exact) mass is 254 g/mol. The molecule has 6 heteroatoms. The van der Waals surface area contributed by atoms with Gasteiger partial charge in [0.25, 0.3) is 0 Å². The molecule has 0 aromatic carbocycles. The van der Waals surface area contributed by atoms with E-state index < -0.39 is 5.97 Å². The van der Waals surface area contributed by atoms with Crippen molar-refractivity contribution in [3.05, 3.63) is 40.6 Å². The molecule has 0 radical (unpaired) electrons. The summed E-state index contributed by atoms with van der Waals surface area (Å²) in [5.74, 6) is -1.27. The minimum absolute atomic E-state index is 0.117. The number of nitrogens with zero attached hydrogens (tertiary/aromatic N) is 2. The van der Waals surface area contributed by atoms with Gasteiger partial charge < -0.3 is 9.52 Å². The molecule has 0 aliphatic heterocycles. The molecule has 0 bridgehead atoms. The van der Waals surface area contributed by atoms with Crippen LogP contribution in [-0.4, -0.2) is 20.9 Å². The highest BCUT2D eigenvalue weighted by Gasteiger charge is 2.15. The van der Waals surface area contributed by atoms with E-state index in [2.05, 4.69) is 5.10 Å². The molecule has 0 saturated heterocycles. The molecule has 90 valence electrons. The second-order valence-electron chi connectivity index (χ2n) is 3.53. The van der Waals surface area contributed by atoms with E-state index >= 15 is 0 Å². The third kappa shape index (κ3) is 2.34. The molecule has 0 saturated carbocycles. The standard InChI is InChI=1S/C11H11ClN2O3/c1-2-14-8(3-4-13-14)5-7-6-9(11(15)16)17-10(7)12/h3-4,6H,2,5H2,1H3,(H,15,16). The van der Waals surface area contributed by atoms with Crippen LogP contribution in [0.5, 0.6) is 0 Å². The van der Waals surface area contributed by atoms with Gasteiger partial charge in [-0.15, -0.1) is 0 Å². The first kappa shape index (κ1) is 11.7. The smallest absolute Gasteiger partial charge is 0.371 e. The van der Waals surface area contributed by atoms with Gasteiger partial charge in [0, 0.05) is 30.4 Å². The van der Waals surface area contributed by atoms with Gasteiger partial charge >= 0.3 is 5.97 Å². The molecule has 0 aliphatic carbocycles. The number of furan rings is 1. The predicted octanol–water partition coefficient (Wildman–Crippen LogP) is 2.44. The summed E-state index contributed by atoms with van der Waals surface area (Å²) in [5, 5.41) is 13.0. The number of aromatic nitrogens is 2. The fourth-order valence-corrected chi connectivity index (χ4v) is 1.83. The average Bonchev–Trinajstić information content (AvgIpc) is 2.87. The number of carboxylic acids is 1. The fourth-order valence-electron chi connectivity index (χ4n) is 1.62.